The molecule has 6 heteroatoms. The lowest BCUT2D eigenvalue weighted by molar-refractivity contribution is 0.0527. The largest absolute Gasteiger partial charge is 0.444 e. The van der Waals surface area contributed by atoms with Crippen LogP contribution in [0, 0.1) is 0 Å². The minimum absolute atomic E-state index is 0.350. The number of ether oxygens (including phenoxy) is 1. The number of imidazole rings is 1. The minimum atomic E-state index is -0.440. The molecule has 0 atom stereocenters. The van der Waals surface area contributed by atoms with E-state index in [-0.39, 0.29) is 6.09 Å². The predicted octanol–water partition coefficient (Wildman–Crippen LogP) is 1.29. The van der Waals surface area contributed by atoms with E-state index < -0.39 is 5.60 Å². The lowest BCUT2D eigenvalue weighted by Gasteiger charge is -2.21. The molecule has 2 rings (SSSR count). The summed E-state index contributed by atoms with van der Waals surface area (Å²) in [6, 6.07) is 0. The third-order valence-electron chi connectivity index (χ3n) is 2.86. The molecular weight excluding hydrogens is 244 g/mol. The SMILES string of the molecule is CC(C)(C)OC(=O)NCCCN1CCc2nccn21. The van der Waals surface area contributed by atoms with Crippen molar-refractivity contribution in [3.05, 3.63) is 18.2 Å². The van der Waals surface area contributed by atoms with Gasteiger partial charge in [0.25, 0.3) is 0 Å². The molecule has 1 amide bonds. The van der Waals surface area contributed by atoms with Crippen LogP contribution < -0.4 is 10.3 Å². The average Bonchev–Trinajstić information content (AvgIpc) is 2.85. The Morgan fingerprint density at radius 1 is 1.53 bits per heavy atom. The standard InChI is InChI=1S/C13H22N4O2/c1-13(2,3)19-12(18)15-6-4-8-16-9-5-11-14-7-10-17(11)16/h7,10H,4-6,8-9H2,1-3H3,(H,15,18). The normalized spacial score (nSPS) is 14.4. The second-order valence-corrected chi connectivity index (χ2v) is 5.67. The molecule has 1 aromatic heterocycles. The maximum absolute atomic E-state index is 11.4. The highest BCUT2D eigenvalue weighted by molar-refractivity contribution is 5.67. The minimum Gasteiger partial charge on any atom is -0.444 e. The second kappa shape index (κ2) is 5.50. The molecule has 1 aromatic rings. The summed E-state index contributed by atoms with van der Waals surface area (Å²) >= 11 is 0. The number of fused-ring (bicyclic) bond motifs is 1. The number of alkyl carbamates (subject to hydrolysis) is 1. The summed E-state index contributed by atoms with van der Waals surface area (Å²) in [5.41, 5.74) is -0.440. The van der Waals surface area contributed by atoms with Crippen molar-refractivity contribution in [2.75, 3.05) is 24.6 Å². The number of amides is 1. The van der Waals surface area contributed by atoms with Crippen molar-refractivity contribution in [1.29, 1.82) is 0 Å². The van der Waals surface area contributed by atoms with Crippen LogP contribution in [0.3, 0.4) is 0 Å². The third-order valence-corrected chi connectivity index (χ3v) is 2.86. The topological polar surface area (TPSA) is 59.4 Å². The monoisotopic (exact) mass is 266 g/mol. The Morgan fingerprint density at radius 2 is 2.32 bits per heavy atom. The van der Waals surface area contributed by atoms with E-state index in [0.717, 1.165) is 31.8 Å². The van der Waals surface area contributed by atoms with Crippen molar-refractivity contribution in [2.45, 2.75) is 39.2 Å². The maximum atomic E-state index is 11.4. The first-order chi connectivity index (χ1) is 8.96. The van der Waals surface area contributed by atoms with Crippen LogP contribution in [0.5, 0.6) is 0 Å². The van der Waals surface area contributed by atoms with Gasteiger partial charge in [-0.3, -0.25) is 0 Å². The van der Waals surface area contributed by atoms with Crippen LogP contribution in [0.2, 0.25) is 0 Å². The Labute approximate surface area is 113 Å². The molecule has 0 aromatic carbocycles. The summed E-state index contributed by atoms with van der Waals surface area (Å²) < 4.78 is 7.27. The van der Waals surface area contributed by atoms with Gasteiger partial charge in [0.05, 0.1) is 0 Å². The smallest absolute Gasteiger partial charge is 0.407 e. The van der Waals surface area contributed by atoms with E-state index in [1.54, 1.807) is 0 Å². The summed E-state index contributed by atoms with van der Waals surface area (Å²) in [4.78, 5) is 15.7. The number of rotatable bonds is 4. The third kappa shape index (κ3) is 3.87. The van der Waals surface area contributed by atoms with Gasteiger partial charge >= 0.3 is 6.09 Å². The predicted molar refractivity (Wildman–Crippen MR) is 72.7 cm³/mol. The summed E-state index contributed by atoms with van der Waals surface area (Å²) in [6.45, 7) is 8.09. The highest BCUT2D eigenvalue weighted by atomic mass is 16.6. The molecule has 0 spiro atoms. The Balaban J connectivity index is 1.64. The maximum Gasteiger partial charge on any atom is 0.407 e. The van der Waals surface area contributed by atoms with E-state index in [9.17, 15) is 4.79 Å². The zero-order chi connectivity index (χ0) is 13.9. The first kappa shape index (κ1) is 13.7. The number of carbonyl (C=O) groups is 1. The molecule has 0 radical (unpaired) electrons. The van der Waals surface area contributed by atoms with Crippen molar-refractivity contribution >= 4 is 6.09 Å². The van der Waals surface area contributed by atoms with E-state index in [4.69, 9.17) is 4.74 Å². The molecule has 1 N–H and O–H groups in total. The molecule has 0 unspecified atom stereocenters. The Kier molecular flexibility index (Phi) is 3.97. The van der Waals surface area contributed by atoms with E-state index in [1.807, 2.05) is 33.2 Å². The number of hydrogen-bond donors (Lipinski definition) is 1. The summed E-state index contributed by atoms with van der Waals surface area (Å²) in [6.07, 6.45) is 5.32. The lowest BCUT2D eigenvalue weighted by atomic mass is 10.2. The molecule has 0 saturated heterocycles. The van der Waals surface area contributed by atoms with Gasteiger partial charge in [0.15, 0.2) is 0 Å². The zero-order valence-corrected chi connectivity index (χ0v) is 11.8. The Morgan fingerprint density at radius 3 is 3.05 bits per heavy atom. The lowest BCUT2D eigenvalue weighted by Crippen LogP contribution is -2.36. The van der Waals surface area contributed by atoms with Gasteiger partial charge in [0, 0.05) is 38.4 Å². The number of aromatic nitrogens is 2. The van der Waals surface area contributed by atoms with Gasteiger partial charge in [0.1, 0.15) is 11.4 Å². The number of nitrogens with zero attached hydrogens (tertiary/aromatic N) is 3. The molecule has 1 aliphatic heterocycles. The molecule has 6 nitrogen and oxygen atoms in total. The first-order valence-corrected chi connectivity index (χ1v) is 6.70. The van der Waals surface area contributed by atoms with E-state index in [1.165, 1.54) is 0 Å². The fraction of sp³-hybridized carbons (Fsp3) is 0.692. The van der Waals surface area contributed by atoms with E-state index in [2.05, 4.69) is 20.0 Å². The van der Waals surface area contributed by atoms with E-state index >= 15 is 0 Å². The Bertz CT molecular complexity index is 436. The molecule has 0 fully saturated rings. The van der Waals surface area contributed by atoms with Gasteiger partial charge in [-0.2, -0.15) is 0 Å². The van der Waals surface area contributed by atoms with E-state index in [0.29, 0.717) is 6.54 Å². The van der Waals surface area contributed by atoms with Crippen LogP contribution in [0.1, 0.15) is 33.0 Å². The molecule has 106 valence electrons. The van der Waals surface area contributed by atoms with Crippen molar-refractivity contribution < 1.29 is 9.53 Å². The van der Waals surface area contributed by atoms with Crippen molar-refractivity contribution in [3.63, 3.8) is 0 Å². The molecule has 0 saturated carbocycles. The number of nitrogens with one attached hydrogen (secondary N) is 1. The first-order valence-electron chi connectivity index (χ1n) is 6.70. The molecular formula is C13H22N4O2. The molecule has 1 aliphatic rings. The highest BCUT2D eigenvalue weighted by Gasteiger charge is 2.18. The van der Waals surface area contributed by atoms with Gasteiger partial charge in [-0.05, 0) is 27.2 Å². The molecule has 0 bridgehead atoms. The van der Waals surface area contributed by atoms with Crippen LogP contribution in [0.15, 0.2) is 12.4 Å². The van der Waals surface area contributed by atoms with Gasteiger partial charge < -0.3 is 15.1 Å². The fourth-order valence-electron chi connectivity index (χ4n) is 2.09. The van der Waals surface area contributed by atoms with Crippen LogP contribution in [0.25, 0.3) is 0 Å². The summed E-state index contributed by atoms with van der Waals surface area (Å²) in [5, 5.41) is 5.00. The average molecular weight is 266 g/mol. The number of carbonyl (C=O) groups excluding carboxylic acids is 1. The van der Waals surface area contributed by atoms with Crippen LogP contribution in [0.4, 0.5) is 4.79 Å². The Hall–Kier alpha value is -1.72. The van der Waals surface area contributed by atoms with Crippen LogP contribution in [-0.4, -0.2) is 41.0 Å². The molecule has 0 aliphatic carbocycles. The molecule has 2 heterocycles. The second-order valence-electron chi connectivity index (χ2n) is 5.67. The van der Waals surface area contributed by atoms with Crippen molar-refractivity contribution in [2.24, 2.45) is 0 Å². The zero-order valence-electron chi connectivity index (χ0n) is 11.8. The fourth-order valence-corrected chi connectivity index (χ4v) is 2.09. The van der Waals surface area contributed by atoms with Crippen LogP contribution in [-0.2, 0) is 11.2 Å². The summed E-state index contributed by atoms with van der Waals surface area (Å²) in [7, 11) is 0. The highest BCUT2D eigenvalue weighted by Crippen LogP contribution is 2.09. The summed E-state index contributed by atoms with van der Waals surface area (Å²) in [5.74, 6) is 1.11. The van der Waals surface area contributed by atoms with Crippen molar-refractivity contribution in [3.8, 4) is 0 Å². The molecule has 19 heavy (non-hydrogen) atoms. The van der Waals surface area contributed by atoms with Gasteiger partial charge in [-0.15, -0.1) is 0 Å². The number of hydrogen-bond acceptors (Lipinski definition) is 4. The van der Waals surface area contributed by atoms with Crippen molar-refractivity contribution in [1.82, 2.24) is 15.0 Å². The van der Waals surface area contributed by atoms with Gasteiger partial charge in [-0.1, -0.05) is 0 Å². The van der Waals surface area contributed by atoms with Gasteiger partial charge in [-0.25, -0.2) is 14.5 Å². The quantitative estimate of drug-likeness (QED) is 0.834. The van der Waals surface area contributed by atoms with Gasteiger partial charge in [0.2, 0.25) is 0 Å². The van der Waals surface area contributed by atoms with Crippen LogP contribution >= 0.6 is 0 Å².